The number of nitrogens with two attached hydrogens (primary N) is 1. The first kappa shape index (κ1) is 20.8. The molecule has 1 aromatic carbocycles. The number of aryl methyl sites for hydroxylation is 1. The van der Waals surface area contributed by atoms with Crippen molar-refractivity contribution in [2.75, 3.05) is 6.61 Å². The molecule has 1 aliphatic carbocycles. The Kier molecular flexibility index (Phi) is 4.89. The lowest BCUT2D eigenvalue weighted by atomic mass is 9.82. The molecule has 0 fully saturated rings. The number of allylic oxidation sites excluding steroid dienone is 1. The standard InChI is InChI=1S/C25H26FN3O3/c1-4-14-16(12(2)10-32-25(14)31)7-21-24-17(9-29(21)11-30)22-19(27)6-5-15-13(3)18(26)8-20(28-24)23(15)22/h7-8,11,14,19H,4-6,9-10,27H2,1-3H3/b21-7-. The van der Waals surface area contributed by atoms with Crippen molar-refractivity contribution >= 4 is 29.0 Å². The minimum atomic E-state index is -0.387. The highest BCUT2D eigenvalue weighted by Crippen LogP contribution is 2.44. The van der Waals surface area contributed by atoms with Gasteiger partial charge in [0.1, 0.15) is 12.4 Å². The van der Waals surface area contributed by atoms with Crippen LogP contribution in [0, 0.1) is 18.7 Å². The number of nitrogens with zero attached hydrogens (tertiary/aromatic N) is 2. The average Bonchev–Trinajstić information content (AvgIpc) is 3.12. The van der Waals surface area contributed by atoms with Gasteiger partial charge in [0, 0.05) is 23.1 Å². The molecule has 0 saturated carbocycles. The molecule has 2 atom stereocenters. The van der Waals surface area contributed by atoms with Gasteiger partial charge in [-0.1, -0.05) is 6.92 Å². The number of esters is 1. The highest BCUT2D eigenvalue weighted by molar-refractivity contribution is 5.94. The second kappa shape index (κ2) is 7.52. The molecule has 0 saturated heterocycles. The van der Waals surface area contributed by atoms with Crippen molar-refractivity contribution in [1.82, 2.24) is 9.88 Å². The Morgan fingerprint density at radius 3 is 2.84 bits per heavy atom. The summed E-state index contributed by atoms with van der Waals surface area (Å²) in [6, 6.07) is 1.27. The summed E-state index contributed by atoms with van der Waals surface area (Å²) in [6.45, 7) is 6.26. The van der Waals surface area contributed by atoms with Crippen molar-refractivity contribution in [2.24, 2.45) is 11.7 Å². The third kappa shape index (κ3) is 2.91. The summed E-state index contributed by atoms with van der Waals surface area (Å²) < 4.78 is 20.0. The van der Waals surface area contributed by atoms with Crippen molar-refractivity contribution < 1.29 is 18.7 Å². The summed E-state index contributed by atoms with van der Waals surface area (Å²) in [4.78, 5) is 30.8. The van der Waals surface area contributed by atoms with Gasteiger partial charge in [-0.25, -0.2) is 9.37 Å². The highest BCUT2D eigenvalue weighted by Gasteiger charge is 2.36. The lowest BCUT2D eigenvalue weighted by Gasteiger charge is -2.26. The number of halogens is 1. The van der Waals surface area contributed by atoms with Crippen molar-refractivity contribution in [2.45, 2.75) is 52.6 Å². The first-order valence-corrected chi connectivity index (χ1v) is 11.1. The molecule has 0 bridgehead atoms. The Bertz CT molecular complexity index is 1250. The van der Waals surface area contributed by atoms with E-state index in [9.17, 15) is 14.0 Å². The minimum Gasteiger partial charge on any atom is -0.461 e. The van der Waals surface area contributed by atoms with Gasteiger partial charge in [0.25, 0.3) is 0 Å². The van der Waals surface area contributed by atoms with Crippen LogP contribution >= 0.6 is 0 Å². The lowest BCUT2D eigenvalue weighted by Crippen LogP contribution is -2.26. The zero-order valence-corrected chi connectivity index (χ0v) is 18.5. The number of rotatable bonds is 3. The van der Waals surface area contributed by atoms with Crippen LogP contribution in [0.5, 0.6) is 0 Å². The van der Waals surface area contributed by atoms with E-state index in [1.165, 1.54) is 6.07 Å². The summed E-state index contributed by atoms with van der Waals surface area (Å²) in [5.41, 5.74) is 13.7. The van der Waals surface area contributed by atoms with Crippen LogP contribution in [-0.4, -0.2) is 28.9 Å². The largest absolute Gasteiger partial charge is 0.461 e. The topological polar surface area (TPSA) is 85.5 Å². The molecule has 7 heteroatoms. The van der Waals surface area contributed by atoms with E-state index >= 15 is 0 Å². The predicted molar refractivity (Wildman–Crippen MR) is 119 cm³/mol. The fraction of sp³-hybridized carbons (Fsp3) is 0.400. The number of fused-ring (bicyclic) bond motifs is 2. The highest BCUT2D eigenvalue weighted by atomic mass is 19.1. The molecule has 3 aliphatic rings. The summed E-state index contributed by atoms with van der Waals surface area (Å²) in [6.07, 6.45) is 4.69. The maximum absolute atomic E-state index is 14.7. The number of pyridine rings is 1. The van der Waals surface area contributed by atoms with E-state index in [1.54, 1.807) is 11.8 Å². The van der Waals surface area contributed by atoms with E-state index < -0.39 is 0 Å². The van der Waals surface area contributed by atoms with Crippen LogP contribution in [0.25, 0.3) is 16.6 Å². The van der Waals surface area contributed by atoms with Crippen LogP contribution < -0.4 is 5.73 Å². The van der Waals surface area contributed by atoms with Crippen molar-refractivity contribution in [3.8, 4) is 0 Å². The van der Waals surface area contributed by atoms with Crippen LogP contribution in [0.1, 0.15) is 60.7 Å². The first-order chi connectivity index (χ1) is 15.3. The van der Waals surface area contributed by atoms with Gasteiger partial charge in [-0.05, 0) is 67.0 Å². The zero-order valence-electron chi connectivity index (χ0n) is 18.5. The number of ether oxygens (including phenoxy) is 1. The number of carbonyl (C=O) groups excluding carboxylic acids is 2. The van der Waals surface area contributed by atoms with Crippen molar-refractivity contribution in [3.63, 3.8) is 0 Å². The molecular weight excluding hydrogens is 409 g/mol. The SMILES string of the molecule is CCC1C(=O)OCC(C)=C1/C=C1/c2nc3cc(F)c(C)c4c3c(c2CN1C=O)C(N)CC4. The molecule has 2 N–H and O–H groups in total. The van der Waals surface area contributed by atoms with Gasteiger partial charge in [0.15, 0.2) is 0 Å². The maximum Gasteiger partial charge on any atom is 0.313 e. The van der Waals surface area contributed by atoms with E-state index in [2.05, 4.69) is 0 Å². The quantitative estimate of drug-likeness (QED) is 0.585. The number of carbonyl (C=O) groups is 2. The zero-order chi connectivity index (χ0) is 22.7. The van der Waals surface area contributed by atoms with Gasteiger partial charge in [0.2, 0.25) is 6.41 Å². The molecule has 2 aliphatic heterocycles. The van der Waals surface area contributed by atoms with Crippen LogP contribution in [-0.2, 0) is 27.3 Å². The maximum atomic E-state index is 14.7. The smallest absolute Gasteiger partial charge is 0.313 e. The number of hydrogen-bond acceptors (Lipinski definition) is 5. The molecule has 1 aromatic heterocycles. The van der Waals surface area contributed by atoms with E-state index in [-0.39, 0.29) is 30.4 Å². The third-order valence-corrected chi connectivity index (χ3v) is 7.11. The number of aromatic nitrogens is 1. The minimum absolute atomic E-state index is 0.200. The third-order valence-electron chi connectivity index (χ3n) is 7.11. The van der Waals surface area contributed by atoms with Crippen LogP contribution in [0.4, 0.5) is 4.39 Å². The summed E-state index contributed by atoms with van der Waals surface area (Å²) in [5, 5.41) is 0.927. The van der Waals surface area contributed by atoms with Crippen LogP contribution in [0.3, 0.4) is 0 Å². The molecule has 0 spiro atoms. The molecule has 1 amide bonds. The first-order valence-electron chi connectivity index (χ1n) is 11.1. The second-order valence-electron chi connectivity index (χ2n) is 8.92. The average molecular weight is 435 g/mol. The normalized spacial score (nSPS) is 23.7. The lowest BCUT2D eigenvalue weighted by molar-refractivity contribution is -0.147. The van der Waals surface area contributed by atoms with Crippen molar-refractivity contribution in [3.05, 3.63) is 57.1 Å². The molecule has 3 heterocycles. The van der Waals surface area contributed by atoms with E-state index in [0.29, 0.717) is 41.9 Å². The Hall–Kier alpha value is -3.06. The van der Waals surface area contributed by atoms with Crippen LogP contribution in [0.2, 0.25) is 0 Å². The van der Waals surface area contributed by atoms with Gasteiger partial charge in [0.05, 0.1) is 29.4 Å². The Morgan fingerprint density at radius 2 is 2.12 bits per heavy atom. The molecule has 0 radical (unpaired) electrons. The van der Waals surface area contributed by atoms with Crippen LogP contribution in [0.15, 0.2) is 23.3 Å². The van der Waals surface area contributed by atoms with Gasteiger partial charge >= 0.3 is 5.97 Å². The fourth-order valence-corrected chi connectivity index (χ4v) is 5.36. The fourth-order valence-electron chi connectivity index (χ4n) is 5.36. The van der Waals surface area contributed by atoms with Gasteiger partial charge < -0.3 is 15.4 Å². The van der Waals surface area contributed by atoms with E-state index in [4.69, 9.17) is 15.5 Å². The summed E-state index contributed by atoms with van der Waals surface area (Å²) in [7, 11) is 0. The Labute approximate surface area is 185 Å². The Balaban J connectivity index is 1.79. The predicted octanol–water partition coefficient (Wildman–Crippen LogP) is 3.84. The second-order valence-corrected chi connectivity index (χ2v) is 8.92. The van der Waals surface area contributed by atoms with Gasteiger partial charge in [-0.15, -0.1) is 0 Å². The molecule has 2 unspecified atom stereocenters. The molecule has 166 valence electrons. The monoisotopic (exact) mass is 435 g/mol. The van der Waals surface area contributed by atoms with E-state index in [0.717, 1.165) is 46.1 Å². The molecule has 2 aromatic rings. The molecule has 6 nitrogen and oxygen atoms in total. The number of hydrogen-bond donors (Lipinski definition) is 1. The molecule has 5 rings (SSSR count). The van der Waals surface area contributed by atoms with Gasteiger partial charge in [-0.3, -0.25) is 9.59 Å². The van der Waals surface area contributed by atoms with E-state index in [1.807, 2.05) is 19.9 Å². The summed E-state index contributed by atoms with van der Waals surface area (Å²) >= 11 is 0. The van der Waals surface area contributed by atoms with Crippen molar-refractivity contribution in [1.29, 1.82) is 0 Å². The van der Waals surface area contributed by atoms with Gasteiger partial charge in [-0.2, -0.15) is 0 Å². The number of benzene rings is 1. The number of amides is 1. The molecular formula is C25H26FN3O3. The Morgan fingerprint density at radius 1 is 1.34 bits per heavy atom. The number of cyclic esters (lactones) is 1. The summed E-state index contributed by atoms with van der Waals surface area (Å²) in [5.74, 6) is -0.926. The molecule has 32 heavy (non-hydrogen) atoms.